The van der Waals surface area contributed by atoms with Crippen LogP contribution in [-0.4, -0.2) is 33.8 Å². The molecule has 1 N–H and O–H groups in total. The normalized spacial score (nSPS) is 27.9. The molecule has 1 amide bonds. The Hall–Kier alpha value is -2.13. The van der Waals surface area contributed by atoms with Crippen LogP contribution in [0, 0.1) is 17.1 Å². The summed E-state index contributed by atoms with van der Waals surface area (Å²) in [4.78, 5) is 14.3. The molecule has 5 nitrogen and oxygen atoms in total. The second-order valence-corrected chi connectivity index (χ2v) is 8.35. The molecule has 0 spiro atoms. The van der Waals surface area contributed by atoms with Crippen LogP contribution in [0.2, 0.25) is 0 Å². The van der Waals surface area contributed by atoms with E-state index in [0.717, 1.165) is 12.8 Å². The lowest BCUT2D eigenvalue weighted by atomic mass is 9.78. The predicted molar refractivity (Wildman–Crippen MR) is 93.7 cm³/mol. The number of halogens is 1. The van der Waals surface area contributed by atoms with Crippen molar-refractivity contribution in [3.63, 3.8) is 0 Å². The van der Waals surface area contributed by atoms with Crippen molar-refractivity contribution >= 4 is 6.09 Å². The van der Waals surface area contributed by atoms with E-state index >= 15 is 0 Å². The number of hydrogen-bond acceptors (Lipinski definition) is 4. The van der Waals surface area contributed by atoms with Crippen LogP contribution in [0.4, 0.5) is 9.18 Å². The molecular formula is C20H25FN2O3. The van der Waals surface area contributed by atoms with Gasteiger partial charge in [-0.05, 0) is 56.9 Å². The Morgan fingerprint density at radius 3 is 2.54 bits per heavy atom. The number of ether oxygens (including phenoxy) is 1. The van der Waals surface area contributed by atoms with Crippen molar-refractivity contribution in [1.82, 2.24) is 4.90 Å². The molecule has 0 radical (unpaired) electrons. The molecule has 2 unspecified atom stereocenters. The molecule has 2 aliphatic heterocycles. The highest BCUT2D eigenvalue weighted by Gasteiger charge is 2.51. The quantitative estimate of drug-likeness (QED) is 0.874. The van der Waals surface area contributed by atoms with Crippen LogP contribution >= 0.6 is 0 Å². The number of benzene rings is 1. The largest absolute Gasteiger partial charge is 0.444 e. The van der Waals surface area contributed by atoms with E-state index in [-0.39, 0.29) is 24.6 Å². The van der Waals surface area contributed by atoms with Crippen LogP contribution in [0.25, 0.3) is 0 Å². The number of amides is 1. The van der Waals surface area contributed by atoms with Gasteiger partial charge in [-0.3, -0.25) is 0 Å². The molecule has 2 saturated heterocycles. The summed E-state index contributed by atoms with van der Waals surface area (Å²) < 4.78 is 19.4. The zero-order chi connectivity index (χ0) is 19.1. The molecule has 1 aromatic carbocycles. The molecule has 2 atom stereocenters. The van der Waals surface area contributed by atoms with Crippen molar-refractivity contribution in [2.24, 2.45) is 0 Å². The van der Waals surface area contributed by atoms with Gasteiger partial charge in [0, 0.05) is 24.9 Å². The van der Waals surface area contributed by atoms with Gasteiger partial charge >= 0.3 is 6.09 Å². The van der Waals surface area contributed by atoms with E-state index in [1.165, 1.54) is 12.1 Å². The third-order valence-electron chi connectivity index (χ3n) is 5.21. The molecule has 1 aromatic rings. The smallest absolute Gasteiger partial charge is 0.410 e. The first-order chi connectivity index (χ1) is 12.1. The lowest BCUT2D eigenvalue weighted by Gasteiger charge is -2.44. The number of fused-ring (bicyclic) bond motifs is 2. The van der Waals surface area contributed by atoms with E-state index in [2.05, 4.69) is 6.07 Å². The minimum Gasteiger partial charge on any atom is -0.444 e. The fourth-order valence-electron chi connectivity index (χ4n) is 4.28. The molecule has 3 rings (SSSR count). The van der Waals surface area contributed by atoms with E-state index in [0.29, 0.717) is 24.0 Å². The number of rotatable bonds is 2. The summed E-state index contributed by atoms with van der Waals surface area (Å²) in [6, 6.07) is 5.98. The molecule has 0 aromatic heterocycles. The van der Waals surface area contributed by atoms with Crippen LogP contribution in [-0.2, 0) is 16.8 Å². The van der Waals surface area contributed by atoms with Gasteiger partial charge in [-0.2, -0.15) is 5.26 Å². The lowest BCUT2D eigenvalue weighted by molar-refractivity contribution is -0.0629. The monoisotopic (exact) mass is 360 g/mol. The van der Waals surface area contributed by atoms with E-state index in [9.17, 15) is 14.3 Å². The van der Waals surface area contributed by atoms with Gasteiger partial charge in [0.2, 0.25) is 0 Å². The van der Waals surface area contributed by atoms with Crippen molar-refractivity contribution in [3.05, 3.63) is 35.1 Å². The summed E-state index contributed by atoms with van der Waals surface area (Å²) in [5, 5.41) is 20.4. The summed E-state index contributed by atoms with van der Waals surface area (Å²) in [6.07, 6.45) is 1.98. The molecule has 2 heterocycles. The van der Waals surface area contributed by atoms with Gasteiger partial charge in [0.25, 0.3) is 0 Å². The van der Waals surface area contributed by atoms with Crippen molar-refractivity contribution in [3.8, 4) is 6.07 Å². The Labute approximate surface area is 153 Å². The average Bonchev–Trinajstić information content (AvgIpc) is 2.80. The third kappa shape index (κ3) is 3.54. The molecule has 2 aliphatic rings. The van der Waals surface area contributed by atoms with Gasteiger partial charge < -0.3 is 14.7 Å². The zero-order valence-corrected chi connectivity index (χ0v) is 15.5. The van der Waals surface area contributed by atoms with Crippen molar-refractivity contribution in [2.75, 3.05) is 0 Å². The summed E-state index contributed by atoms with van der Waals surface area (Å²) in [6.45, 7) is 5.48. The summed E-state index contributed by atoms with van der Waals surface area (Å²) in [5.74, 6) is -0.433. The minimum atomic E-state index is -1.24. The molecule has 0 saturated carbocycles. The second kappa shape index (κ2) is 6.55. The number of carbonyl (C=O) groups is 1. The molecule has 6 heteroatoms. The van der Waals surface area contributed by atoms with E-state index < -0.39 is 17.0 Å². The van der Waals surface area contributed by atoms with Crippen molar-refractivity contribution in [2.45, 2.75) is 76.2 Å². The average molecular weight is 360 g/mol. The van der Waals surface area contributed by atoms with Crippen molar-refractivity contribution in [1.29, 1.82) is 5.26 Å². The summed E-state index contributed by atoms with van der Waals surface area (Å²) in [5.41, 5.74) is -0.702. The van der Waals surface area contributed by atoms with Gasteiger partial charge in [-0.1, -0.05) is 6.07 Å². The molecule has 2 fully saturated rings. The lowest BCUT2D eigenvalue weighted by Crippen LogP contribution is -2.53. The summed E-state index contributed by atoms with van der Waals surface area (Å²) in [7, 11) is 0. The first-order valence-electron chi connectivity index (χ1n) is 9.02. The Balaban J connectivity index is 1.88. The topological polar surface area (TPSA) is 73.6 Å². The number of carbonyl (C=O) groups excluding carboxylic acids is 1. The SMILES string of the molecule is CC(C)(C)OC(=O)N1C2CCC1CC(O)(c1cc(F)ccc1CC#N)C2. The maximum Gasteiger partial charge on any atom is 0.410 e. The number of nitriles is 1. The number of piperidine rings is 1. The van der Waals surface area contributed by atoms with Gasteiger partial charge in [0.1, 0.15) is 11.4 Å². The number of nitrogens with zero attached hydrogens (tertiary/aromatic N) is 2. The van der Waals surface area contributed by atoms with Gasteiger partial charge in [-0.15, -0.1) is 0 Å². The molecule has 2 bridgehead atoms. The molecule has 26 heavy (non-hydrogen) atoms. The van der Waals surface area contributed by atoms with Crippen LogP contribution in [0.15, 0.2) is 18.2 Å². The molecule has 0 aliphatic carbocycles. The summed E-state index contributed by atoms with van der Waals surface area (Å²) >= 11 is 0. The maximum atomic E-state index is 13.8. The zero-order valence-electron chi connectivity index (χ0n) is 15.5. The second-order valence-electron chi connectivity index (χ2n) is 8.35. The molecular weight excluding hydrogens is 335 g/mol. The highest BCUT2D eigenvalue weighted by atomic mass is 19.1. The highest BCUT2D eigenvalue weighted by Crippen LogP contribution is 2.47. The Morgan fingerprint density at radius 2 is 2.00 bits per heavy atom. The minimum absolute atomic E-state index is 0.114. The number of hydrogen-bond donors (Lipinski definition) is 1. The van der Waals surface area contributed by atoms with Crippen LogP contribution in [0.5, 0.6) is 0 Å². The van der Waals surface area contributed by atoms with Crippen LogP contribution in [0.3, 0.4) is 0 Å². The predicted octanol–water partition coefficient (Wildman–Crippen LogP) is 3.64. The van der Waals surface area contributed by atoms with Crippen LogP contribution in [0.1, 0.15) is 57.6 Å². The van der Waals surface area contributed by atoms with E-state index in [1.54, 1.807) is 11.0 Å². The van der Waals surface area contributed by atoms with E-state index in [1.807, 2.05) is 20.8 Å². The fourth-order valence-corrected chi connectivity index (χ4v) is 4.28. The first kappa shape index (κ1) is 18.7. The standard InChI is InChI=1S/C20H25FN2O3/c1-19(2,3)26-18(24)23-15-6-7-16(23)12-20(25,11-15)17-10-14(21)5-4-13(17)8-9-22/h4-5,10,15-16,25H,6-8,11-12H2,1-3H3. The first-order valence-corrected chi connectivity index (χ1v) is 9.02. The third-order valence-corrected chi connectivity index (χ3v) is 5.21. The van der Waals surface area contributed by atoms with Crippen molar-refractivity contribution < 1.29 is 19.0 Å². The Morgan fingerprint density at radius 1 is 1.38 bits per heavy atom. The Kier molecular flexibility index (Phi) is 4.70. The van der Waals surface area contributed by atoms with E-state index in [4.69, 9.17) is 10.00 Å². The fraction of sp³-hybridized carbons (Fsp3) is 0.600. The molecule has 140 valence electrons. The van der Waals surface area contributed by atoms with Gasteiger partial charge in [-0.25, -0.2) is 9.18 Å². The highest BCUT2D eigenvalue weighted by molar-refractivity contribution is 5.70. The van der Waals surface area contributed by atoms with Crippen LogP contribution < -0.4 is 0 Å². The van der Waals surface area contributed by atoms with Gasteiger partial charge in [0.05, 0.1) is 18.1 Å². The number of aliphatic hydroxyl groups is 1. The van der Waals surface area contributed by atoms with Gasteiger partial charge in [0.15, 0.2) is 0 Å². The maximum absolute atomic E-state index is 13.8. The Bertz CT molecular complexity index is 736.